The molecule has 0 aromatic carbocycles. The number of aryl methyl sites for hydroxylation is 2. The van der Waals surface area contributed by atoms with E-state index >= 15 is 0 Å². The standard InChI is InChI=1S/C17H24N6O2/c1-3-25-15-4-6-18-17(20-15)22-10-8-21(9-11-22)16(24)5-7-23-13-14(2)12-19-23/h4,6,12-13H,3,5,7-11H2,1-2H3. The molecule has 25 heavy (non-hydrogen) atoms. The van der Waals surface area contributed by atoms with Crippen LogP contribution in [0.1, 0.15) is 18.9 Å². The number of ether oxygens (including phenoxy) is 1. The lowest BCUT2D eigenvalue weighted by Crippen LogP contribution is -2.49. The molecule has 2 aromatic heterocycles. The molecule has 1 aliphatic heterocycles. The summed E-state index contributed by atoms with van der Waals surface area (Å²) < 4.78 is 7.24. The quantitative estimate of drug-likeness (QED) is 0.782. The van der Waals surface area contributed by atoms with Gasteiger partial charge in [-0.05, 0) is 19.4 Å². The number of anilines is 1. The molecule has 8 heteroatoms. The van der Waals surface area contributed by atoms with Gasteiger partial charge in [-0.1, -0.05) is 0 Å². The van der Waals surface area contributed by atoms with Crippen LogP contribution in [0.3, 0.4) is 0 Å². The van der Waals surface area contributed by atoms with Crippen LogP contribution in [0.5, 0.6) is 5.88 Å². The van der Waals surface area contributed by atoms with E-state index in [1.165, 1.54) is 0 Å². The topological polar surface area (TPSA) is 76.4 Å². The molecule has 0 saturated carbocycles. The minimum Gasteiger partial charge on any atom is -0.478 e. The van der Waals surface area contributed by atoms with Gasteiger partial charge in [0.2, 0.25) is 17.7 Å². The molecule has 0 N–H and O–H groups in total. The largest absolute Gasteiger partial charge is 0.478 e. The van der Waals surface area contributed by atoms with Crippen LogP contribution in [0.4, 0.5) is 5.95 Å². The molecule has 1 saturated heterocycles. The van der Waals surface area contributed by atoms with Gasteiger partial charge in [-0.2, -0.15) is 10.1 Å². The van der Waals surface area contributed by atoms with Crippen LogP contribution in [0.2, 0.25) is 0 Å². The van der Waals surface area contributed by atoms with Crippen molar-refractivity contribution in [3.8, 4) is 5.88 Å². The number of carbonyl (C=O) groups excluding carboxylic acids is 1. The lowest BCUT2D eigenvalue weighted by atomic mass is 10.3. The molecule has 3 heterocycles. The Morgan fingerprint density at radius 1 is 1.28 bits per heavy atom. The van der Waals surface area contributed by atoms with E-state index < -0.39 is 0 Å². The molecule has 1 amide bonds. The van der Waals surface area contributed by atoms with Crippen LogP contribution >= 0.6 is 0 Å². The molecule has 0 aliphatic carbocycles. The molecule has 8 nitrogen and oxygen atoms in total. The molecule has 0 unspecified atom stereocenters. The number of amides is 1. The summed E-state index contributed by atoms with van der Waals surface area (Å²) in [4.78, 5) is 25.1. The predicted molar refractivity (Wildman–Crippen MR) is 93.6 cm³/mol. The van der Waals surface area contributed by atoms with Gasteiger partial charge < -0.3 is 14.5 Å². The first kappa shape index (κ1) is 17.2. The Balaban J connectivity index is 1.49. The van der Waals surface area contributed by atoms with Gasteiger partial charge in [-0.25, -0.2) is 4.98 Å². The number of carbonyl (C=O) groups is 1. The van der Waals surface area contributed by atoms with Crippen LogP contribution in [0, 0.1) is 6.92 Å². The van der Waals surface area contributed by atoms with E-state index in [4.69, 9.17) is 4.74 Å². The summed E-state index contributed by atoms with van der Waals surface area (Å²) in [7, 11) is 0. The zero-order valence-electron chi connectivity index (χ0n) is 14.8. The summed E-state index contributed by atoms with van der Waals surface area (Å²) >= 11 is 0. The highest BCUT2D eigenvalue weighted by Gasteiger charge is 2.22. The highest BCUT2D eigenvalue weighted by Crippen LogP contribution is 2.15. The van der Waals surface area contributed by atoms with Gasteiger partial charge in [0.25, 0.3) is 0 Å². The first-order valence-corrected chi connectivity index (χ1v) is 8.63. The van der Waals surface area contributed by atoms with E-state index in [9.17, 15) is 4.79 Å². The molecule has 0 atom stereocenters. The van der Waals surface area contributed by atoms with Crippen LogP contribution < -0.4 is 9.64 Å². The second-order valence-corrected chi connectivity index (χ2v) is 6.03. The zero-order chi connectivity index (χ0) is 17.6. The van der Waals surface area contributed by atoms with E-state index in [1.54, 1.807) is 18.5 Å². The fourth-order valence-corrected chi connectivity index (χ4v) is 2.83. The maximum absolute atomic E-state index is 12.4. The fourth-order valence-electron chi connectivity index (χ4n) is 2.83. The third kappa shape index (κ3) is 4.46. The third-order valence-corrected chi connectivity index (χ3v) is 4.14. The summed E-state index contributed by atoms with van der Waals surface area (Å²) in [6.45, 7) is 7.92. The second-order valence-electron chi connectivity index (χ2n) is 6.03. The average Bonchev–Trinajstić information content (AvgIpc) is 3.06. The van der Waals surface area contributed by atoms with Gasteiger partial charge in [0.1, 0.15) is 0 Å². The number of aromatic nitrogens is 4. The van der Waals surface area contributed by atoms with Crippen molar-refractivity contribution in [2.75, 3.05) is 37.7 Å². The van der Waals surface area contributed by atoms with Crippen molar-refractivity contribution in [3.05, 3.63) is 30.2 Å². The maximum Gasteiger partial charge on any atom is 0.228 e. The molecule has 3 rings (SSSR count). The number of hydrogen-bond donors (Lipinski definition) is 0. The van der Waals surface area contributed by atoms with Crippen LogP contribution in [0.25, 0.3) is 0 Å². The first-order chi connectivity index (χ1) is 12.2. The lowest BCUT2D eigenvalue weighted by molar-refractivity contribution is -0.131. The van der Waals surface area contributed by atoms with Crippen LogP contribution in [0.15, 0.2) is 24.7 Å². The Kier molecular flexibility index (Phi) is 5.47. The van der Waals surface area contributed by atoms with Gasteiger partial charge in [-0.15, -0.1) is 0 Å². The van der Waals surface area contributed by atoms with Gasteiger partial charge in [-0.3, -0.25) is 9.48 Å². The van der Waals surface area contributed by atoms with Gasteiger partial charge >= 0.3 is 0 Å². The van der Waals surface area contributed by atoms with Crippen molar-refractivity contribution >= 4 is 11.9 Å². The van der Waals surface area contributed by atoms with Gasteiger partial charge in [0.05, 0.1) is 12.8 Å². The van der Waals surface area contributed by atoms with E-state index in [-0.39, 0.29) is 5.91 Å². The van der Waals surface area contributed by atoms with E-state index in [0.717, 1.165) is 18.7 Å². The first-order valence-electron chi connectivity index (χ1n) is 8.63. The minimum absolute atomic E-state index is 0.164. The Bertz CT molecular complexity index is 709. The molecule has 1 aliphatic rings. The average molecular weight is 344 g/mol. The smallest absolute Gasteiger partial charge is 0.228 e. The van der Waals surface area contributed by atoms with Gasteiger partial charge in [0.15, 0.2) is 0 Å². The molecule has 2 aromatic rings. The Labute approximate surface area is 147 Å². The summed E-state index contributed by atoms with van der Waals surface area (Å²) in [6, 6.07) is 1.75. The number of rotatable bonds is 6. The monoisotopic (exact) mass is 344 g/mol. The summed E-state index contributed by atoms with van der Waals surface area (Å²) in [5.74, 6) is 1.40. The molecule has 0 bridgehead atoms. The Morgan fingerprint density at radius 3 is 2.76 bits per heavy atom. The molecule has 134 valence electrons. The van der Waals surface area contributed by atoms with Crippen molar-refractivity contribution < 1.29 is 9.53 Å². The molecule has 1 fully saturated rings. The van der Waals surface area contributed by atoms with E-state index in [2.05, 4.69) is 20.0 Å². The number of piperazine rings is 1. The third-order valence-electron chi connectivity index (χ3n) is 4.14. The summed E-state index contributed by atoms with van der Waals surface area (Å²) in [5.41, 5.74) is 1.11. The maximum atomic E-state index is 12.4. The molecular formula is C17H24N6O2. The van der Waals surface area contributed by atoms with Crippen LogP contribution in [-0.4, -0.2) is 63.3 Å². The Hall–Kier alpha value is -2.64. The highest BCUT2D eigenvalue weighted by atomic mass is 16.5. The van der Waals surface area contributed by atoms with Crippen molar-refractivity contribution in [3.63, 3.8) is 0 Å². The number of hydrogen-bond acceptors (Lipinski definition) is 6. The highest BCUT2D eigenvalue weighted by molar-refractivity contribution is 5.76. The predicted octanol–water partition coefficient (Wildman–Crippen LogP) is 1.12. The van der Waals surface area contributed by atoms with Crippen molar-refractivity contribution in [2.45, 2.75) is 26.8 Å². The zero-order valence-corrected chi connectivity index (χ0v) is 14.8. The van der Waals surface area contributed by atoms with E-state index in [0.29, 0.717) is 44.5 Å². The van der Waals surface area contributed by atoms with E-state index in [1.807, 2.05) is 29.6 Å². The lowest BCUT2D eigenvalue weighted by Gasteiger charge is -2.34. The SMILES string of the molecule is CCOc1ccnc(N2CCN(C(=O)CCn3cc(C)cn3)CC2)n1. The number of nitrogens with zero attached hydrogens (tertiary/aromatic N) is 6. The molecule has 0 spiro atoms. The minimum atomic E-state index is 0.164. The molecular weight excluding hydrogens is 320 g/mol. The summed E-state index contributed by atoms with van der Waals surface area (Å²) in [6.07, 6.45) is 5.93. The fraction of sp³-hybridized carbons (Fsp3) is 0.529. The van der Waals surface area contributed by atoms with Crippen LogP contribution in [-0.2, 0) is 11.3 Å². The second kappa shape index (κ2) is 7.96. The van der Waals surface area contributed by atoms with Crippen molar-refractivity contribution in [1.29, 1.82) is 0 Å². The summed E-state index contributed by atoms with van der Waals surface area (Å²) in [5, 5.41) is 4.22. The molecule has 0 radical (unpaired) electrons. The Morgan fingerprint density at radius 2 is 2.08 bits per heavy atom. The van der Waals surface area contributed by atoms with Crippen molar-refractivity contribution in [2.24, 2.45) is 0 Å². The normalized spacial score (nSPS) is 14.6. The van der Waals surface area contributed by atoms with Crippen molar-refractivity contribution in [1.82, 2.24) is 24.6 Å². The van der Waals surface area contributed by atoms with Gasteiger partial charge in [0, 0.05) is 57.6 Å².